The van der Waals surface area contributed by atoms with E-state index in [1.165, 1.54) is 0 Å². The van der Waals surface area contributed by atoms with E-state index in [0.29, 0.717) is 0 Å². The van der Waals surface area contributed by atoms with E-state index < -0.39 is 11.3 Å². The lowest BCUT2D eigenvalue weighted by molar-refractivity contribution is -0.123. The normalized spacial score (nSPS) is 20.8. The molecule has 0 bridgehead atoms. The average Bonchev–Trinajstić information content (AvgIpc) is 2.25. The van der Waals surface area contributed by atoms with Crippen molar-refractivity contribution < 1.29 is 8.78 Å². The number of nitrogens with zero attached hydrogens (tertiary/aromatic N) is 1. The van der Waals surface area contributed by atoms with Crippen LogP contribution in [0.25, 0.3) is 0 Å². The number of benzene rings is 1. The summed E-state index contributed by atoms with van der Waals surface area (Å²) in [6.45, 7) is 0.277. The molecule has 1 aromatic rings. The van der Waals surface area contributed by atoms with Gasteiger partial charge in [-0.2, -0.15) is 0 Å². The van der Waals surface area contributed by atoms with Crippen LogP contribution in [0.5, 0.6) is 0 Å². The number of nitrogens with two attached hydrogens (primary N) is 1. The van der Waals surface area contributed by atoms with E-state index in [-0.39, 0.29) is 19.4 Å². The Bertz CT molecular complexity index is 408. The highest BCUT2D eigenvalue weighted by Crippen LogP contribution is 2.53. The monoisotopic (exact) mass is 240 g/mol. The van der Waals surface area contributed by atoms with Gasteiger partial charge in [-0.15, -0.1) is 0 Å². The first-order valence-electron chi connectivity index (χ1n) is 5.74. The second kappa shape index (κ2) is 3.95. The zero-order valence-corrected chi connectivity index (χ0v) is 10.2. The van der Waals surface area contributed by atoms with Gasteiger partial charge in [-0.1, -0.05) is 12.1 Å². The van der Waals surface area contributed by atoms with Gasteiger partial charge in [0, 0.05) is 44.6 Å². The SMILES string of the molecule is CN(C)c1cccc(C2(CN)CC(F)(F)C2)c1. The lowest BCUT2D eigenvalue weighted by Gasteiger charge is -2.47. The maximum absolute atomic E-state index is 13.1. The fraction of sp³-hybridized carbons (Fsp3) is 0.538. The summed E-state index contributed by atoms with van der Waals surface area (Å²) >= 11 is 0. The third-order valence-electron chi connectivity index (χ3n) is 3.56. The Labute approximate surface area is 100 Å². The second-order valence-electron chi connectivity index (χ2n) is 5.14. The van der Waals surface area contributed by atoms with Crippen molar-refractivity contribution in [3.05, 3.63) is 29.8 Å². The molecule has 1 aliphatic carbocycles. The number of alkyl halides is 2. The Kier molecular flexibility index (Phi) is 2.86. The van der Waals surface area contributed by atoms with E-state index in [1.54, 1.807) is 0 Å². The van der Waals surface area contributed by atoms with Gasteiger partial charge in [-0.3, -0.25) is 0 Å². The van der Waals surface area contributed by atoms with Crippen LogP contribution in [0.3, 0.4) is 0 Å². The molecule has 0 unspecified atom stereocenters. The maximum atomic E-state index is 13.1. The first kappa shape index (κ1) is 12.3. The average molecular weight is 240 g/mol. The minimum Gasteiger partial charge on any atom is -0.378 e. The Morgan fingerprint density at radius 2 is 1.94 bits per heavy atom. The van der Waals surface area contributed by atoms with E-state index in [1.807, 2.05) is 43.3 Å². The number of hydrogen-bond acceptors (Lipinski definition) is 2. The highest BCUT2D eigenvalue weighted by atomic mass is 19.3. The van der Waals surface area contributed by atoms with E-state index in [2.05, 4.69) is 0 Å². The smallest absolute Gasteiger partial charge is 0.250 e. The quantitative estimate of drug-likeness (QED) is 0.879. The Hall–Kier alpha value is -1.16. The third-order valence-corrected chi connectivity index (χ3v) is 3.56. The molecule has 0 radical (unpaired) electrons. The molecule has 17 heavy (non-hydrogen) atoms. The molecule has 4 heteroatoms. The van der Waals surface area contributed by atoms with Crippen molar-refractivity contribution in [3.63, 3.8) is 0 Å². The van der Waals surface area contributed by atoms with Crippen molar-refractivity contribution in [3.8, 4) is 0 Å². The van der Waals surface area contributed by atoms with Gasteiger partial charge in [0.15, 0.2) is 0 Å². The lowest BCUT2D eigenvalue weighted by atomic mass is 9.62. The number of hydrogen-bond donors (Lipinski definition) is 1. The largest absolute Gasteiger partial charge is 0.378 e. The van der Waals surface area contributed by atoms with Gasteiger partial charge in [0.2, 0.25) is 5.92 Å². The lowest BCUT2D eigenvalue weighted by Crippen LogP contribution is -2.53. The molecule has 94 valence electrons. The molecular weight excluding hydrogens is 222 g/mol. The summed E-state index contributed by atoms with van der Waals surface area (Å²) in [6.07, 6.45) is -0.263. The number of rotatable bonds is 3. The Balaban J connectivity index is 2.30. The van der Waals surface area contributed by atoms with Gasteiger partial charge in [0.05, 0.1) is 0 Å². The van der Waals surface area contributed by atoms with E-state index in [4.69, 9.17) is 5.73 Å². The first-order chi connectivity index (χ1) is 7.88. The van der Waals surface area contributed by atoms with Crippen LogP contribution in [0.15, 0.2) is 24.3 Å². The summed E-state index contributed by atoms with van der Waals surface area (Å²) < 4.78 is 26.2. The first-order valence-corrected chi connectivity index (χ1v) is 5.74. The Morgan fingerprint density at radius 3 is 2.41 bits per heavy atom. The van der Waals surface area contributed by atoms with E-state index in [9.17, 15) is 8.78 Å². The zero-order chi connectivity index (χ0) is 12.7. The fourth-order valence-corrected chi connectivity index (χ4v) is 2.52. The van der Waals surface area contributed by atoms with Crippen LogP contribution in [-0.2, 0) is 5.41 Å². The van der Waals surface area contributed by atoms with Crippen molar-refractivity contribution in [2.75, 3.05) is 25.5 Å². The van der Waals surface area contributed by atoms with Gasteiger partial charge >= 0.3 is 0 Å². The summed E-state index contributed by atoms with van der Waals surface area (Å²) in [5.74, 6) is -2.55. The summed E-state index contributed by atoms with van der Waals surface area (Å²) in [5, 5.41) is 0. The van der Waals surface area contributed by atoms with E-state index in [0.717, 1.165) is 11.3 Å². The summed E-state index contributed by atoms with van der Waals surface area (Å²) in [6, 6.07) is 7.72. The van der Waals surface area contributed by atoms with Crippen molar-refractivity contribution in [2.45, 2.75) is 24.2 Å². The molecule has 0 atom stereocenters. The molecule has 0 saturated heterocycles. The van der Waals surface area contributed by atoms with Crippen molar-refractivity contribution >= 4 is 5.69 Å². The van der Waals surface area contributed by atoms with Crippen LogP contribution in [0.2, 0.25) is 0 Å². The standard InChI is InChI=1S/C13H18F2N2/c1-17(2)11-5-3-4-10(6-11)12(9-16)7-13(14,15)8-12/h3-6H,7-9,16H2,1-2H3. The summed E-state index contributed by atoms with van der Waals surface area (Å²) in [4.78, 5) is 1.96. The predicted molar refractivity (Wildman–Crippen MR) is 65.7 cm³/mol. The molecule has 0 spiro atoms. The molecule has 2 nitrogen and oxygen atoms in total. The molecule has 0 amide bonds. The third kappa shape index (κ3) is 2.14. The summed E-state index contributed by atoms with van der Waals surface area (Å²) in [7, 11) is 3.87. The van der Waals surface area contributed by atoms with Gasteiger partial charge < -0.3 is 10.6 Å². The predicted octanol–water partition coefficient (Wildman–Crippen LogP) is 2.38. The van der Waals surface area contributed by atoms with E-state index >= 15 is 0 Å². The second-order valence-corrected chi connectivity index (χ2v) is 5.14. The molecule has 1 saturated carbocycles. The summed E-state index contributed by atoms with van der Waals surface area (Å²) in [5.41, 5.74) is 7.12. The van der Waals surface area contributed by atoms with Gasteiger partial charge in [0.1, 0.15) is 0 Å². The van der Waals surface area contributed by atoms with Gasteiger partial charge in [-0.25, -0.2) is 8.78 Å². The molecule has 1 aliphatic rings. The van der Waals surface area contributed by atoms with Crippen molar-refractivity contribution in [1.29, 1.82) is 0 Å². The molecule has 0 heterocycles. The van der Waals surface area contributed by atoms with Crippen molar-refractivity contribution in [2.24, 2.45) is 5.73 Å². The Morgan fingerprint density at radius 1 is 1.29 bits per heavy atom. The van der Waals surface area contributed by atoms with Crippen LogP contribution < -0.4 is 10.6 Å². The van der Waals surface area contributed by atoms with Crippen molar-refractivity contribution in [1.82, 2.24) is 0 Å². The van der Waals surface area contributed by atoms with Crippen LogP contribution >= 0.6 is 0 Å². The topological polar surface area (TPSA) is 29.3 Å². The van der Waals surface area contributed by atoms with Gasteiger partial charge in [-0.05, 0) is 17.7 Å². The van der Waals surface area contributed by atoms with Gasteiger partial charge in [0.25, 0.3) is 0 Å². The molecule has 0 aliphatic heterocycles. The molecule has 0 aromatic heterocycles. The molecule has 1 fully saturated rings. The van der Waals surface area contributed by atoms with Crippen LogP contribution in [0.4, 0.5) is 14.5 Å². The highest BCUT2D eigenvalue weighted by molar-refractivity contribution is 5.50. The van der Waals surface area contributed by atoms with Crippen LogP contribution in [0.1, 0.15) is 18.4 Å². The number of halogens is 2. The molecular formula is C13H18F2N2. The maximum Gasteiger partial charge on any atom is 0.250 e. The van der Waals surface area contributed by atoms with Crippen LogP contribution in [-0.4, -0.2) is 26.6 Å². The molecule has 2 N–H and O–H groups in total. The molecule has 2 rings (SSSR count). The number of anilines is 1. The fourth-order valence-electron chi connectivity index (χ4n) is 2.52. The zero-order valence-electron chi connectivity index (χ0n) is 10.2. The van der Waals surface area contributed by atoms with Crippen LogP contribution in [0, 0.1) is 0 Å². The minimum atomic E-state index is -2.55. The minimum absolute atomic E-state index is 0.132. The molecule has 1 aromatic carbocycles. The highest BCUT2D eigenvalue weighted by Gasteiger charge is 2.56.